The van der Waals surface area contributed by atoms with Crippen LogP contribution in [0.1, 0.15) is 24.5 Å². The Kier molecular flexibility index (Phi) is 4.94. The first kappa shape index (κ1) is 10.9. The van der Waals surface area contributed by atoms with Gasteiger partial charge in [-0.25, -0.2) is 0 Å². The van der Waals surface area contributed by atoms with Crippen molar-refractivity contribution in [3.63, 3.8) is 0 Å². The summed E-state index contributed by atoms with van der Waals surface area (Å²) in [5.41, 5.74) is 2.47. The van der Waals surface area contributed by atoms with Gasteiger partial charge in [-0.1, -0.05) is 19.1 Å². The fourth-order valence-electron chi connectivity index (χ4n) is 1.20. The van der Waals surface area contributed by atoms with E-state index in [0.29, 0.717) is 0 Å². The summed E-state index contributed by atoms with van der Waals surface area (Å²) in [5.74, 6) is 0. The molecule has 1 aromatic rings. The normalized spacial score (nSPS) is 11.0. The minimum atomic E-state index is 0.933. The molecule has 0 fully saturated rings. The van der Waals surface area contributed by atoms with Crippen LogP contribution in [0, 0.1) is 6.92 Å². The fourth-order valence-corrected chi connectivity index (χ4v) is 1.20. The van der Waals surface area contributed by atoms with Crippen LogP contribution in [0.5, 0.6) is 0 Å². The summed E-state index contributed by atoms with van der Waals surface area (Å²) in [6.45, 7) is 6.28. The van der Waals surface area contributed by atoms with Crippen molar-refractivity contribution in [2.75, 3.05) is 13.1 Å². The third-order valence-electron chi connectivity index (χ3n) is 2.07. The molecular formula is C12H18N2. The van der Waals surface area contributed by atoms with Gasteiger partial charge in [-0.2, -0.15) is 0 Å². The molecule has 0 atom stereocenters. The van der Waals surface area contributed by atoms with Gasteiger partial charge in [0.1, 0.15) is 0 Å². The van der Waals surface area contributed by atoms with E-state index in [0.717, 1.165) is 13.1 Å². The number of nitrogens with zero attached hydrogens (tertiary/aromatic N) is 1. The average molecular weight is 190 g/mol. The van der Waals surface area contributed by atoms with Crippen molar-refractivity contribution in [3.05, 3.63) is 35.7 Å². The topological polar surface area (TPSA) is 24.9 Å². The van der Waals surface area contributed by atoms with E-state index >= 15 is 0 Å². The lowest BCUT2D eigenvalue weighted by molar-refractivity contribution is 0.730. The lowest BCUT2D eigenvalue weighted by Crippen LogP contribution is -2.13. The molecule has 0 unspecified atom stereocenters. The minimum Gasteiger partial charge on any atom is -0.313 e. The van der Waals surface area contributed by atoms with E-state index in [-0.39, 0.29) is 0 Å². The highest BCUT2D eigenvalue weighted by Gasteiger charge is 1.90. The molecule has 0 aliphatic rings. The number of nitrogens with one attached hydrogen (secondary N) is 1. The Hall–Kier alpha value is -1.15. The van der Waals surface area contributed by atoms with Crippen LogP contribution in [0.25, 0.3) is 6.08 Å². The summed E-state index contributed by atoms with van der Waals surface area (Å²) < 4.78 is 0. The third kappa shape index (κ3) is 3.71. The first-order valence-corrected chi connectivity index (χ1v) is 5.12. The summed E-state index contributed by atoms with van der Waals surface area (Å²) in [6, 6.07) is 2.03. The van der Waals surface area contributed by atoms with E-state index in [1.54, 1.807) is 0 Å². The molecule has 1 aromatic heterocycles. The quantitative estimate of drug-likeness (QED) is 0.721. The predicted molar refractivity (Wildman–Crippen MR) is 61.2 cm³/mol. The van der Waals surface area contributed by atoms with Gasteiger partial charge in [-0.3, -0.25) is 4.98 Å². The largest absolute Gasteiger partial charge is 0.313 e. The highest BCUT2D eigenvalue weighted by atomic mass is 14.8. The molecule has 1 N–H and O–H groups in total. The molecule has 76 valence electrons. The molecule has 1 rings (SSSR count). The molecule has 2 nitrogen and oxygen atoms in total. The van der Waals surface area contributed by atoms with Gasteiger partial charge >= 0.3 is 0 Å². The predicted octanol–water partition coefficient (Wildman–Crippen LogP) is 2.40. The van der Waals surface area contributed by atoms with Crippen LogP contribution < -0.4 is 5.32 Å². The first-order valence-electron chi connectivity index (χ1n) is 5.12. The number of aromatic nitrogens is 1. The van der Waals surface area contributed by atoms with Crippen LogP contribution in [0.2, 0.25) is 0 Å². The molecule has 0 aliphatic carbocycles. The second kappa shape index (κ2) is 6.33. The summed E-state index contributed by atoms with van der Waals surface area (Å²) in [7, 11) is 0. The van der Waals surface area contributed by atoms with Crippen molar-refractivity contribution >= 4 is 6.08 Å². The first-order chi connectivity index (χ1) is 6.84. The summed E-state index contributed by atoms with van der Waals surface area (Å²) in [4.78, 5) is 4.09. The molecule has 2 heteroatoms. The van der Waals surface area contributed by atoms with Gasteiger partial charge in [-0.05, 0) is 37.1 Å². The molecule has 0 amide bonds. The maximum absolute atomic E-state index is 4.09. The van der Waals surface area contributed by atoms with Crippen molar-refractivity contribution < 1.29 is 0 Å². The number of hydrogen-bond donors (Lipinski definition) is 1. The van der Waals surface area contributed by atoms with Gasteiger partial charge in [0.2, 0.25) is 0 Å². The second-order valence-corrected chi connectivity index (χ2v) is 3.34. The van der Waals surface area contributed by atoms with Gasteiger partial charge in [0, 0.05) is 18.9 Å². The van der Waals surface area contributed by atoms with E-state index in [9.17, 15) is 0 Å². The van der Waals surface area contributed by atoms with Crippen molar-refractivity contribution in [2.45, 2.75) is 20.3 Å². The summed E-state index contributed by atoms with van der Waals surface area (Å²) in [5, 5.41) is 3.32. The molecule has 14 heavy (non-hydrogen) atoms. The van der Waals surface area contributed by atoms with Gasteiger partial charge in [0.25, 0.3) is 0 Å². The van der Waals surface area contributed by atoms with E-state index in [1.807, 2.05) is 18.5 Å². The molecule has 0 saturated heterocycles. The van der Waals surface area contributed by atoms with Gasteiger partial charge in [0.05, 0.1) is 0 Å². The Bertz CT molecular complexity index is 292. The maximum Gasteiger partial charge on any atom is 0.0342 e. The Labute approximate surface area is 86.1 Å². The van der Waals surface area contributed by atoms with Crippen molar-refractivity contribution in [1.29, 1.82) is 0 Å². The Morgan fingerprint density at radius 2 is 2.36 bits per heavy atom. The second-order valence-electron chi connectivity index (χ2n) is 3.34. The maximum atomic E-state index is 4.09. The Morgan fingerprint density at radius 3 is 3.07 bits per heavy atom. The number of pyridine rings is 1. The molecule has 0 saturated carbocycles. The zero-order valence-corrected chi connectivity index (χ0v) is 8.96. The molecule has 0 spiro atoms. The van der Waals surface area contributed by atoms with Crippen LogP contribution in [0.3, 0.4) is 0 Å². The van der Waals surface area contributed by atoms with E-state index < -0.39 is 0 Å². The van der Waals surface area contributed by atoms with Crippen molar-refractivity contribution in [1.82, 2.24) is 10.3 Å². The van der Waals surface area contributed by atoms with Gasteiger partial charge in [-0.15, -0.1) is 0 Å². The van der Waals surface area contributed by atoms with E-state index in [1.165, 1.54) is 17.5 Å². The van der Waals surface area contributed by atoms with Crippen LogP contribution in [-0.2, 0) is 0 Å². The average Bonchev–Trinajstić information content (AvgIpc) is 2.20. The van der Waals surface area contributed by atoms with Crippen molar-refractivity contribution in [3.8, 4) is 0 Å². The summed E-state index contributed by atoms with van der Waals surface area (Å²) in [6.07, 6.45) is 9.15. The standard InChI is InChI=1S/C12H18N2/c1-3-7-13-8-4-5-12-10-14-9-6-11(12)2/h4-6,9-10,13H,3,7-8H2,1-2H3/b5-4+. The van der Waals surface area contributed by atoms with E-state index in [4.69, 9.17) is 0 Å². The lowest BCUT2D eigenvalue weighted by Gasteiger charge is -1.99. The smallest absolute Gasteiger partial charge is 0.0342 e. The number of hydrogen-bond acceptors (Lipinski definition) is 2. The van der Waals surface area contributed by atoms with Crippen LogP contribution in [0.15, 0.2) is 24.5 Å². The molecule has 0 bridgehead atoms. The van der Waals surface area contributed by atoms with Crippen molar-refractivity contribution in [2.24, 2.45) is 0 Å². The number of aryl methyl sites for hydroxylation is 1. The van der Waals surface area contributed by atoms with Crippen LogP contribution in [-0.4, -0.2) is 18.1 Å². The molecular weight excluding hydrogens is 172 g/mol. The molecule has 0 radical (unpaired) electrons. The van der Waals surface area contributed by atoms with Gasteiger partial charge in [0.15, 0.2) is 0 Å². The van der Waals surface area contributed by atoms with Crippen LogP contribution in [0.4, 0.5) is 0 Å². The Morgan fingerprint density at radius 1 is 1.50 bits per heavy atom. The van der Waals surface area contributed by atoms with E-state index in [2.05, 4.69) is 36.3 Å². The zero-order chi connectivity index (χ0) is 10.2. The fraction of sp³-hybridized carbons (Fsp3) is 0.417. The third-order valence-corrected chi connectivity index (χ3v) is 2.07. The highest BCUT2D eigenvalue weighted by Crippen LogP contribution is 2.06. The Balaban J connectivity index is 2.40. The van der Waals surface area contributed by atoms with Gasteiger partial charge < -0.3 is 5.32 Å². The lowest BCUT2D eigenvalue weighted by atomic mass is 10.1. The zero-order valence-electron chi connectivity index (χ0n) is 8.96. The van der Waals surface area contributed by atoms with Crippen LogP contribution >= 0.6 is 0 Å². The minimum absolute atomic E-state index is 0.933. The monoisotopic (exact) mass is 190 g/mol. The number of rotatable bonds is 5. The molecule has 1 heterocycles. The molecule has 0 aromatic carbocycles. The summed E-state index contributed by atoms with van der Waals surface area (Å²) >= 11 is 0. The molecule has 0 aliphatic heterocycles. The highest BCUT2D eigenvalue weighted by molar-refractivity contribution is 5.51. The SMILES string of the molecule is CCCNC/C=C/c1cnccc1C.